The SMILES string of the molecule is CN1CCC[C@@H]1CCNc1ncnc2cccc(F)c12. The standard InChI is InChI=1S/C15H19FN4/c1-20-9-3-4-11(20)7-8-17-15-14-12(16)5-2-6-13(14)18-10-19-15/h2,5-6,10-11H,3-4,7-9H2,1H3,(H,17,18,19)/t11-/m1/s1. The van der Waals surface area contributed by atoms with E-state index in [1.165, 1.54) is 31.8 Å². The average molecular weight is 274 g/mol. The van der Waals surface area contributed by atoms with E-state index in [4.69, 9.17) is 0 Å². The Morgan fingerprint density at radius 2 is 2.30 bits per heavy atom. The van der Waals surface area contributed by atoms with Crippen molar-refractivity contribution in [1.82, 2.24) is 14.9 Å². The Morgan fingerprint density at radius 1 is 1.40 bits per heavy atom. The van der Waals surface area contributed by atoms with Gasteiger partial charge in [0.25, 0.3) is 0 Å². The molecule has 106 valence electrons. The lowest BCUT2D eigenvalue weighted by Gasteiger charge is -2.19. The van der Waals surface area contributed by atoms with E-state index in [9.17, 15) is 4.39 Å². The third-order valence-corrected chi connectivity index (χ3v) is 4.05. The van der Waals surface area contributed by atoms with Crippen LogP contribution in [0, 0.1) is 5.82 Å². The third kappa shape index (κ3) is 2.58. The van der Waals surface area contributed by atoms with Crippen LogP contribution < -0.4 is 5.32 Å². The quantitative estimate of drug-likeness (QED) is 0.930. The molecular formula is C15H19FN4. The summed E-state index contributed by atoms with van der Waals surface area (Å²) in [5.74, 6) is 0.317. The largest absolute Gasteiger partial charge is 0.369 e. The molecular weight excluding hydrogens is 255 g/mol. The molecule has 1 saturated heterocycles. The number of aromatic nitrogens is 2. The van der Waals surface area contributed by atoms with Gasteiger partial charge in [0, 0.05) is 12.6 Å². The molecule has 4 nitrogen and oxygen atoms in total. The normalized spacial score (nSPS) is 19.6. The number of anilines is 1. The molecule has 0 amide bonds. The Morgan fingerprint density at radius 3 is 3.10 bits per heavy atom. The summed E-state index contributed by atoms with van der Waals surface area (Å²) in [6.07, 6.45) is 5.05. The fourth-order valence-electron chi connectivity index (χ4n) is 2.90. The smallest absolute Gasteiger partial charge is 0.140 e. The molecule has 1 N–H and O–H groups in total. The van der Waals surface area contributed by atoms with Gasteiger partial charge >= 0.3 is 0 Å². The number of benzene rings is 1. The van der Waals surface area contributed by atoms with Crippen molar-refractivity contribution in [3.63, 3.8) is 0 Å². The number of halogens is 1. The Labute approximate surface area is 118 Å². The topological polar surface area (TPSA) is 41.0 Å². The van der Waals surface area contributed by atoms with Crippen LogP contribution in [0.3, 0.4) is 0 Å². The second-order valence-corrected chi connectivity index (χ2v) is 5.35. The first-order valence-electron chi connectivity index (χ1n) is 7.09. The van der Waals surface area contributed by atoms with Gasteiger partial charge in [-0.25, -0.2) is 14.4 Å². The Kier molecular flexibility index (Phi) is 3.78. The molecule has 2 heterocycles. The van der Waals surface area contributed by atoms with Crippen LogP contribution in [0.25, 0.3) is 10.9 Å². The van der Waals surface area contributed by atoms with Crippen LogP contribution >= 0.6 is 0 Å². The zero-order chi connectivity index (χ0) is 13.9. The molecule has 1 aliphatic rings. The van der Waals surface area contributed by atoms with E-state index in [1.807, 2.05) is 0 Å². The lowest BCUT2D eigenvalue weighted by Crippen LogP contribution is -2.27. The molecule has 20 heavy (non-hydrogen) atoms. The molecule has 5 heteroatoms. The van der Waals surface area contributed by atoms with Crippen molar-refractivity contribution < 1.29 is 4.39 Å². The van der Waals surface area contributed by atoms with Crippen molar-refractivity contribution in [1.29, 1.82) is 0 Å². The molecule has 0 aliphatic carbocycles. The summed E-state index contributed by atoms with van der Waals surface area (Å²) < 4.78 is 13.9. The van der Waals surface area contributed by atoms with Gasteiger partial charge in [-0.2, -0.15) is 0 Å². The van der Waals surface area contributed by atoms with Crippen LogP contribution in [0.15, 0.2) is 24.5 Å². The lowest BCUT2D eigenvalue weighted by molar-refractivity contribution is 0.301. The number of rotatable bonds is 4. The molecule has 0 saturated carbocycles. The highest BCUT2D eigenvalue weighted by molar-refractivity contribution is 5.89. The number of likely N-dealkylation sites (tertiary alicyclic amines) is 1. The van der Waals surface area contributed by atoms with Gasteiger partial charge in [-0.3, -0.25) is 0 Å². The highest BCUT2D eigenvalue weighted by Gasteiger charge is 2.20. The molecule has 2 aromatic rings. The highest BCUT2D eigenvalue weighted by atomic mass is 19.1. The van der Waals surface area contributed by atoms with Crippen LogP contribution in [0.4, 0.5) is 10.2 Å². The minimum atomic E-state index is -0.274. The molecule has 1 fully saturated rings. The number of hydrogen-bond donors (Lipinski definition) is 1. The first-order valence-corrected chi connectivity index (χ1v) is 7.09. The first-order chi connectivity index (χ1) is 9.75. The zero-order valence-electron chi connectivity index (χ0n) is 11.6. The van der Waals surface area contributed by atoms with Crippen molar-refractivity contribution in [2.24, 2.45) is 0 Å². The van der Waals surface area contributed by atoms with Gasteiger partial charge < -0.3 is 10.2 Å². The van der Waals surface area contributed by atoms with E-state index in [1.54, 1.807) is 12.1 Å². The number of nitrogens with one attached hydrogen (secondary N) is 1. The molecule has 1 aliphatic heterocycles. The van der Waals surface area contributed by atoms with Gasteiger partial charge in [0.15, 0.2) is 0 Å². The summed E-state index contributed by atoms with van der Waals surface area (Å²) in [6, 6.07) is 5.54. The van der Waals surface area contributed by atoms with Crippen molar-refractivity contribution in [3.8, 4) is 0 Å². The molecule has 0 unspecified atom stereocenters. The van der Waals surface area contributed by atoms with Crippen molar-refractivity contribution in [2.45, 2.75) is 25.3 Å². The number of hydrogen-bond acceptors (Lipinski definition) is 4. The van der Waals surface area contributed by atoms with E-state index >= 15 is 0 Å². The first kappa shape index (κ1) is 13.2. The van der Waals surface area contributed by atoms with Crippen LogP contribution in [0.1, 0.15) is 19.3 Å². The zero-order valence-corrected chi connectivity index (χ0v) is 11.6. The predicted octanol–water partition coefficient (Wildman–Crippen LogP) is 2.67. The molecule has 1 aromatic carbocycles. The van der Waals surface area contributed by atoms with Crippen LogP contribution in [-0.4, -0.2) is 41.0 Å². The van der Waals surface area contributed by atoms with Crippen molar-refractivity contribution in [3.05, 3.63) is 30.3 Å². The minimum Gasteiger partial charge on any atom is -0.369 e. The van der Waals surface area contributed by atoms with E-state index < -0.39 is 0 Å². The van der Waals surface area contributed by atoms with Crippen molar-refractivity contribution >= 4 is 16.7 Å². The lowest BCUT2D eigenvalue weighted by atomic mass is 10.1. The average Bonchev–Trinajstić information content (AvgIpc) is 2.85. The maximum atomic E-state index is 13.9. The molecule has 0 radical (unpaired) electrons. The molecule has 1 aromatic heterocycles. The Hall–Kier alpha value is -1.75. The Bertz CT molecular complexity index is 596. The van der Waals surface area contributed by atoms with Crippen LogP contribution in [0.5, 0.6) is 0 Å². The van der Waals surface area contributed by atoms with E-state index in [-0.39, 0.29) is 5.82 Å². The van der Waals surface area contributed by atoms with Crippen LogP contribution in [-0.2, 0) is 0 Å². The van der Waals surface area contributed by atoms with Gasteiger partial charge in [0.1, 0.15) is 18.0 Å². The van der Waals surface area contributed by atoms with Gasteiger partial charge in [0.2, 0.25) is 0 Å². The summed E-state index contributed by atoms with van der Waals surface area (Å²) in [4.78, 5) is 10.7. The number of fused-ring (bicyclic) bond motifs is 1. The van der Waals surface area contributed by atoms with Gasteiger partial charge in [0.05, 0.1) is 10.9 Å². The molecule has 1 atom stereocenters. The summed E-state index contributed by atoms with van der Waals surface area (Å²) in [5.41, 5.74) is 0.639. The fourth-order valence-corrected chi connectivity index (χ4v) is 2.90. The van der Waals surface area contributed by atoms with E-state index in [0.29, 0.717) is 22.8 Å². The summed E-state index contributed by atoms with van der Waals surface area (Å²) in [5, 5.41) is 3.74. The minimum absolute atomic E-state index is 0.274. The summed E-state index contributed by atoms with van der Waals surface area (Å²) in [7, 11) is 2.16. The monoisotopic (exact) mass is 274 g/mol. The highest BCUT2D eigenvalue weighted by Crippen LogP contribution is 2.23. The fraction of sp³-hybridized carbons (Fsp3) is 0.467. The molecule has 0 spiro atoms. The van der Waals surface area contributed by atoms with E-state index in [0.717, 1.165) is 13.0 Å². The molecule has 3 rings (SSSR count). The maximum absolute atomic E-state index is 13.9. The second-order valence-electron chi connectivity index (χ2n) is 5.35. The van der Waals surface area contributed by atoms with Gasteiger partial charge in [-0.15, -0.1) is 0 Å². The summed E-state index contributed by atoms with van der Waals surface area (Å²) in [6.45, 7) is 1.98. The Balaban J connectivity index is 1.71. The third-order valence-electron chi connectivity index (χ3n) is 4.05. The number of nitrogens with zero attached hydrogens (tertiary/aromatic N) is 3. The predicted molar refractivity (Wildman–Crippen MR) is 78.3 cm³/mol. The van der Waals surface area contributed by atoms with Gasteiger partial charge in [-0.05, 0) is 45.0 Å². The van der Waals surface area contributed by atoms with Crippen molar-refractivity contribution in [2.75, 3.05) is 25.5 Å². The van der Waals surface area contributed by atoms with E-state index in [2.05, 4.69) is 27.2 Å². The molecule has 0 bridgehead atoms. The maximum Gasteiger partial charge on any atom is 0.140 e. The van der Waals surface area contributed by atoms with Gasteiger partial charge in [-0.1, -0.05) is 6.07 Å². The van der Waals surface area contributed by atoms with Crippen LogP contribution in [0.2, 0.25) is 0 Å². The second kappa shape index (κ2) is 5.71. The summed E-state index contributed by atoms with van der Waals surface area (Å²) >= 11 is 0.